The predicted octanol–water partition coefficient (Wildman–Crippen LogP) is -3.63. The molecule has 0 spiro atoms. The third-order valence-corrected chi connectivity index (χ3v) is 4.21. The number of fused-ring (bicyclic) bond motifs is 1. The van der Waals surface area contributed by atoms with Crippen molar-refractivity contribution in [3.8, 4) is 11.6 Å². The zero-order valence-corrected chi connectivity index (χ0v) is 13.8. The molecule has 0 amide bonds. The smallest absolute Gasteiger partial charge is 0.354 e. The molecule has 27 heavy (non-hydrogen) atoms. The number of anilines is 1. The number of aliphatic hydroxyl groups excluding tert-OH is 3. The molecule has 3 rings (SSSR count). The van der Waals surface area contributed by atoms with Gasteiger partial charge in [0.25, 0.3) is 5.88 Å². The van der Waals surface area contributed by atoms with Crippen LogP contribution in [0.2, 0.25) is 0 Å². The van der Waals surface area contributed by atoms with Crippen molar-refractivity contribution in [1.29, 1.82) is 0 Å². The number of hydrogen-bond donors (Lipinski definition) is 5. The molecule has 1 aromatic rings. The van der Waals surface area contributed by atoms with Crippen molar-refractivity contribution < 1.29 is 39.1 Å². The highest BCUT2D eigenvalue weighted by Crippen LogP contribution is 2.38. The van der Waals surface area contributed by atoms with Gasteiger partial charge in [0.1, 0.15) is 24.4 Å². The van der Waals surface area contributed by atoms with E-state index < -0.39 is 72.3 Å². The Bertz CT molecular complexity index is 826. The third kappa shape index (κ3) is 3.38. The zero-order valence-electron chi connectivity index (χ0n) is 13.8. The lowest BCUT2D eigenvalue weighted by atomic mass is 10.1. The Morgan fingerprint density at radius 3 is 2.52 bits per heavy atom. The van der Waals surface area contributed by atoms with Gasteiger partial charge in [-0.1, -0.05) is 0 Å². The van der Waals surface area contributed by atoms with Gasteiger partial charge in [0.2, 0.25) is 5.75 Å². The summed E-state index contributed by atoms with van der Waals surface area (Å²) in [5, 5.41) is 29.3. The van der Waals surface area contributed by atoms with Gasteiger partial charge in [-0.3, -0.25) is 4.79 Å². The lowest BCUT2D eigenvalue weighted by molar-refractivity contribution is -0.136. The molecule has 5 atom stereocenters. The molecule has 0 radical (unpaired) electrons. The highest BCUT2D eigenvalue weighted by molar-refractivity contribution is 5.83. The van der Waals surface area contributed by atoms with Crippen LogP contribution in [0.5, 0.6) is 11.6 Å². The van der Waals surface area contributed by atoms with E-state index in [0.29, 0.717) is 4.57 Å². The van der Waals surface area contributed by atoms with Crippen LogP contribution in [0.3, 0.4) is 0 Å². The van der Waals surface area contributed by atoms with Crippen LogP contribution in [0.25, 0.3) is 0 Å². The summed E-state index contributed by atoms with van der Waals surface area (Å²) >= 11 is 0. The van der Waals surface area contributed by atoms with Crippen molar-refractivity contribution >= 4 is 17.8 Å². The molecule has 0 bridgehead atoms. The molecule has 2 aliphatic heterocycles. The summed E-state index contributed by atoms with van der Waals surface area (Å²) in [6.45, 7) is -0.655. The first-order valence-corrected chi connectivity index (χ1v) is 7.97. The number of nitrogens with two attached hydrogens (primary N) is 2. The molecular weight excluding hydrogens is 368 g/mol. The first-order chi connectivity index (χ1) is 12.7. The molecule has 2 unspecified atom stereocenters. The number of esters is 2. The fourth-order valence-corrected chi connectivity index (χ4v) is 2.75. The minimum absolute atomic E-state index is 0.0723. The van der Waals surface area contributed by atoms with E-state index in [1.54, 1.807) is 0 Å². The van der Waals surface area contributed by atoms with E-state index in [-0.39, 0.29) is 12.8 Å². The molecule has 13 heteroatoms. The molecule has 3 heterocycles. The van der Waals surface area contributed by atoms with Crippen LogP contribution in [0.15, 0.2) is 4.79 Å². The number of rotatable bonds is 2. The first-order valence-electron chi connectivity index (χ1n) is 7.97. The van der Waals surface area contributed by atoms with E-state index in [9.17, 15) is 29.7 Å². The highest BCUT2D eigenvalue weighted by Gasteiger charge is 2.46. The third-order valence-electron chi connectivity index (χ3n) is 4.21. The van der Waals surface area contributed by atoms with Crippen molar-refractivity contribution in [3.05, 3.63) is 10.5 Å². The Morgan fingerprint density at radius 2 is 1.89 bits per heavy atom. The summed E-state index contributed by atoms with van der Waals surface area (Å²) in [7, 11) is 0. The maximum Gasteiger partial charge on any atom is 0.354 e. The van der Waals surface area contributed by atoms with E-state index in [1.807, 2.05) is 0 Å². The predicted molar refractivity (Wildman–Crippen MR) is 84.4 cm³/mol. The summed E-state index contributed by atoms with van der Waals surface area (Å²) in [5.74, 6) is -3.52. The molecule has 0 aromatic carbocycles. The minimum atomic E-state index is -1.68. The molecule has 1 aromatic heterocycles. The summed E-state index contributed by atoms with van der Waals surface area (Å²) in [6, 6.07) is -1.14. The number of nitrogen functional groups attached to an aromatic ring is 1. The molecule has 2 aliphatic rings. The van der Waals surface area contributed by atoms with Gasteiger partial charge in [0, 0.05) is 6.42 Å². The van der Waals surface area contributed by atoms with Crippen molar-refractivity contribution in [1.82, 2.24) is 9.55 Å². The second kappa shape index (κ2) is 7.21. The van der Waals surface area contributed by atoms with Crippen LogP contribution in [-0.4, -0.2) is 67.8 Å². The van der Waals surface area contributed by atoms with Crippen molar-refractivity contribution in [2.24, 2.45) is 5.73 Å². The normalized spacial score (nSPS) is 31.3. The number of carbonyl (C=O) groups is 2. The maximum absolute atomic E-state index is 12.4. The average molecular weight is 386 g/mol. The molecular formula is C14H18N4O9. The van der Waals surface area contributed by atoms with Crippen LogP contribution < -0.4 is 26.6 Å². The van der Waals surface area contributed by atoms with Crippen molar-refractivity contribution in [2.45, 2.75) is 43.4 Å². The lowest BCUT2D eigenvalue weighted by Crippen LogP contribution is -2.38. The van der Waals surface area contributed by atoms with Gasteiger partial charge in [-0.25, -0.2) is 14.2 Å². The molecule has 7 N–H and O–H groups in total. The number of aliphatic hydroxyl groups is 3. The van der Waals surface area contributed by atoms with Crippen LogP contribution in [0.4, 0.5) is 5.82 Å². The van der Waals surface area contributed by atoms with Gasteiger partial charge < -0.3 is 41.0 Å². The molecule has 0 saturated carbocycles. The SMILES string of the molecule is Nc1nc(=O)n(C2O[C@H](CO)C(O)[C@H]2O)c2c1OC(=O)[C@H](N)CCC(=O)O2. The van der Waals surface area contributed by atoms with Crippen molar-refractivity contribution in [2.75, 3.05) is 12.3 Å². The summed E-state index contributed by atoms with van der Waals surface area (Å²) in [5.41, 5.74) is 10.1. The minimum Gasteiger partial charge on any atom is -0.416 e. The quantitative estimate of drug-likeness (QED) is 0.312. The average Bonchev–Trinajstić information content (AvgIpc) is 2.92. The fourth-order valence-electron chi connectivity index (χ4n) is 2.75. The van der Waals surface area contributed by atoms with E-state index in [1.165, 1.54) is 0 Å². The van der Waals surface area contributed by atoms with Gasteiger partial charge in [-0.15, -0.1) is 0 Å². The number of aromatic nitrogens is 2. The number of nitrogens with zero attached hydrogens (tertiary/aromatic N) is 2. The molecule has 0 aliphatic carbocycles. The summed E-state index contributed by atoms with van der Waals surface area (Å²) in [4.78, 5) is 39.9. The zero-order chi connectivity index (χ0) is 19.9. The Balaban J connectivity index is 2.16. The molecule has 13 nitrogen and oxygen atoms in total. The van der Waals surface area contributed by atoms with E-state index >= 15 is 0 Å². The van der Waals surface area contributed by atoms with Crippen LogP contribution in [-0.2, 0) is 14.3 Å². The van der Waals surface area contributed by atoms with Crippen LogP contribution in [0, 0.1) is 0 Å². The molecule has 148 valence electrons. The number of carbonyl (C=O) groups excluding carboxylic acids is 2. The Labute approximate surface area is 151 Å². The van der Waals surface area contributed by atoms with Gasteiger partial charge in [0.15, 0.2) is 12.0 Å². The second-order valence-corrected chi connectivity index (χ2v) is 6.05. The van der Waals surface area contributed by atoms with E-state index in [4.69, 9.17) is 25.7 Å². The summed E-state index contributed by atoms with van der Waals surface area (Å²) < 4.78 is 16.0. The Kier molecular flexibility index (Phi) is 5.12. The fraction of sp³-hybridized carbons (Fsp3) is 0.571. The second-order valence-electron chi connectivity index (χ2n) is 6.05. The largest absolute Gasteiger partial charge is 0.416 e. The molecule has 1 fully saturated rings. The van der Waals surface area contributed by atoms with Gasteiger partial charge >= 0.3 is 17.6 Å². The van der Waals surface area contributed by atoms with E-state index in [0.717, 1.165) is 0 Å². The standard InChI is InChI=1S/C14H18N4O9/c15-4-1-2-6(20)26-12-9(27-13(4)23)10(16)17-14(24)18(12)11-8(22)7(21)5(3-19)25-11/h4-5,7-8,11,19,21-22H,1-3,15H2,(H2,16,17,24)/t4-,5-,7?,8-,11?/m1/s1. The van der Waals surface area contributed by atoms with Gasteiger partial charge in [-0.2, -0.15) is 4.98 Å². The van der Waals surface area contributed by atoms with Gasteiger partial charge in [0.05, 0.1) is 6.61 Å². The number of hydrogen-bond acceptors (Lipinski definition) is 12. The maximum atomic E-state index is 12.4. The van der Waals surface area contributed by atoms with Gasteiger partial charge in [-0.05, 0) is 6.42 Å². The molecule has 1 saturated heterocycles. The van der Waals surface area contributed by atoms with Crippen molar-refractivity contribution in [3.63, 3.8) is 0 Å². The monoisotopic (exact) mass is 386 g/mol. The lowest BCUT2D eigenvalue weighted by Gasteiger charge is -2.22. The van der Waals surface area contributed by atoms with E-state index in [2.05, 4.69) is 4.98 Å². The Hall–Kier alpha value is -2.58. The highest BCUT2D eigenvalue weighted by atomic mass is 16.6. The number of ether oxygens (including phenoxy) is 3. The summed E-state index contributed by atoms with van der Waals surface area (Å²) in [6.07, 6.45) is -6.36. The Morgan fingerprint density at radius 1 is 1.19 bits per heavy atom. The first kappa shape index (κ1) is 19.2. The van der Waals surface area contributed by atoms with Crippen LogP contribution >= 0.6 is 0 Å². The topological polar surface area (TPSA) is 209 Å². The van der Waals surface area contributed by atoms with Crippen LogP contribution in [0.1, 0.15) is 19.1 Å².